The van der Waals surface area contributed by atoms with Gasteiger partial charge in [0.05, 0.1) is 19.0 Å². The van der Waals surface area contributed by atoms with Crippen LogP contribution in [0.25, 0.3) is 11.3 Å². The highest BCUT2D eigenvalue weighted by atomic mass is 16.5. The molecule has 0 aliphatic heterocycles. The Hall–Kier alpha value is -3.48. The van der Waals surface area contributed by atoms with Gasteiger partial charge < -0.3 is 10.1 Å². The number of hydrogen-bond donors (Lipinski definition) is 1. The number of aromatic nitrogens is 3. The molecule has 0 aliphatic rings. The molecule has 0 unspecified atom stereocenters. The third kappa shape index (κ3) is 4.25. The molecule has 0 spiro atoms. The zero-order valence-electron chi connectivity index (χ0n) is 16.0. The summed E-state index contributed by atoms with van der Waals surface area (Å²) in [4.78, 5) is 29.3. The molecule has 3 rings (SSSR count). The van der Waals surface area contributed by atoms with Gasteiger partial charge in [-0.3, -0.25) is 4.79 Å². The lowest BCUT2D eigenvalue weighted by Crippen LogP contribution is -2.36. The van der Waals surface area contributed by atoms with Gasteiger partial charge in [-0.15, -0.1) is 0 Å². The van der Waals surface area contributed by atoms with Crippen molar-refractivity contribution in [2.75, 3.05) is 12.4 Å². The van der Waals surface area contributed by atoms with Crippen LogP contribution in [-0.4, -0.2) is 27.8 Å². The van der Waals surface area contributed by atoms with Crippen LogP contribution < -0.4 is 15.7 Å². The lowest BCUT2D eigenvalue weighted by molar-refractivity contribution is -0.119. The standard InChI is InChI=1S/C21H22N4O3/c1-4-19(20(26)23-16-6-5-7-17(12-16)28-3)25-21(27)24-18(13-22-25)15-10-8-14(2)9-11-15/h5-13,19H,4H2,1-3H3,(H,23,26)/t19-/m0/s1. The van der Waals surface area contributed by atoms with Crippen molar-refractivity contribution in [3.8, 4) is 17.0 Å². The summed E-state index contributed by atoms with van der Waals surface area (Å²) < 4.78 is 6.28. The summed E-state index contributed by atoms with van der Waals surface area (Å²) in [6, 6.07) is 13.9. The van der Waals surface area contributed by atoms with Crippen LogP contribution in [0.1, 0.15) is 24.9 Å². The topological polar surface area (TPSA) is 86.1 Å². The van der Waals surface area contributed by atoms with E-state index in [1.54, 1.807) is 31.4 Å². The summed E-state index contributed by atoms with van der Waals surface area (Å²) in [6.45, 7) is 3.80. The third-order valence-electron chi connectivity index (χ3n) is 4.39. The molecular weight excluding hydrogens is 356 g/mol. The van der Waals surface area contributed by atoms with Gasteiger partial charge in [0.1, 0.15) is 11.8 Å². The molecule has 3 aromatic rings. The first kappa shape index (κ1) is 19.3. The second-order valence-electron chi connectivity index (χ2n) is 6.38. The van der Waals surface area contributed by atoms with Crippen LogP contribution in [0.5, 0.6) is 5.75 Å². The number of carbonyl (C=O) groups excluding carboxylic acids is 1. The monoisotopic (exact) mass is 378 g/mol. The Morgan fingerprint density at radius 2 is 1.96 bits per heavy atom. The van der Waals surface area contributed by atoms with Crippen molar-refractivity contribution in [3.05, 3.63) is 70.8 Å². The van der Waals surface area contributed by atoms with E-state index in [4.69, 9.17) is 4.74 Å². The number of nitrogens with one attached hydrogen (secondary N) is 1. The van der Waals surface area contributed by atoms with Crippen molar-refractivity contribution in [2.45, 2.75) is 26.3 Å². The minimum atomic E-state index is -0.765. The van der Waals surface area contributed by atoms with E-state index in [2.05, 4.69) is 15.4 Å². The molecule has 0 fully saturated rings. The fraction of sp³-hybridized carbons (Fsp3) is 0.238. The maximum atomic E-state index is 12.7. The number of nitrogens with zero attached hydrogens (tertiary/aromatic N) is 3. The molecule has 0 aliphatic carbocycles. The van der Waals surface area contributed by atoms with Crippen LogP contribution >= 0.6 is 0 Å². The van der Waals surface area contributed by atoms with Crippen molar-refractivity contribution >= 4 is 11.6 Å². The number of hydrogen-bond acceptors (Lipinski definition) is 5. The van der Waals surface area contributed by atoms with Gasteiger partial charge in [0.25, 0.3) is 0 Å². The number of aryl methyl sites for hydroxylation is 1. The van der Waals surface area contributed by atoms with Crippen molar-refractivity contribution in [1.29, 1.82) is 0 Å². The highest BCUT2D eigenvalue weighted by molar-refractivity contribution is 5.93. The van der Waals surface area contributed by atoms with Gasteiger partial charge in [-0.25, -0.2) is 9.48 Å². The van der Waals surface area contributed by atoms with E-state index in [0.29, 0.717) is 23.6 Å². The first-order valence-corrected chi connectivity index (χ1v) is 8.99. The van der Waals surface area contributed by atoms with Crippen LogP contribution in [0, 0.1) is 6.92 Å². The molecule has 1 N–H and O–H groups in total. The summed E-state index contributed by atoms with van der Waals surface area (Å²) in [5.41, 5.74) is 2.41. The number of methoxy groups -OCH3 is 1. The minimum absolute atomic E-state index is 0.338. The molecule has 7 heteroatoms. The average molecular weight is 378 g/mol. The fourth-order valence-electron chi connectivity index (χ4n) is 2.82. The molecular formula is C21H22N4O3. The molecule has 1 amide bonds. The largest absolute Gasteiger partial charge is 0.497 e. The van der Waals surface area contributed by atoms with Gasteiger partial charge in [-0.1, -0.05) is 42.8 Å². The molecule has 1 aromatic heterocycles. The van der Waals surface area contributed by atoms with Gasteiger partial charge in [-0.05, 0) is 25.5 Å². The van der Waals surface area contributed by atoms with Crippen LogP contribution in [0.4, 0.5) is 5.69 Å². The van der Waals surface area contributed by atoms with Gasteiger partial charge in [0, 0.05) is 17.3 Å². The molecule has 28 heavy (non-hydrogen) atoms. The lowest BCUT2D eigenvalue weighted by Gasteiger charge is -2.16. The normalized spacial score (nSPS) is 11.7. The van der Waals surface area contributed by atoms with Crippen molar-refractivity contribution in [1.82, 2.24) is 14.8 Å². The number of rotatable bonds is 6. The van der Waals surface area contributed by atoms with Crippen molar-refractivity contribution in [2.24, 2.45) is 0 Å². The number of anilines is 1. The lowest BCUT2D eigenvalue weighted by atomic mass is 10.1. The summed E-state index contributed by atoms with van der Waals surface area (Å²) in [6.07, 6.45) is 1.90. The minimum Gasteiger partial charge on any atom is -0.497 e. The van der Waals surface area contributed by atoms with E-state index in [1.807, 2.05) is 38.1 Å². The van der Waals surface area contributed by atoms with E-state index >= 15 is 0 Å². The molecule has 7 nitrogen and oxygen atoms in total. The first-order valence-electron chi connectivity index (χ1n) is 8.99. The highest BCUT2D eigenvalue weighted by Crippen LogP contribution is 2.19. The molecule has 0 saturated carbocycles. The SMILES string of the molecule is CC[C@@H](C(=O)Nc1cccc(OC)c1)n1ncc(-c2ccc(C)cc2)nc1=O. The Kier molecular flexibility index (Phi) is 5.84. The predicted molar refractivity (Wildman–Crippen MR) is 107 cm³/mol. The zero-order valence-corrected chi connectivity index (χ0v) is 16.0. The third-order valence-corrected chi connectivity index (χ3v) is 4.39. The highest BCUT2D eigenvalue weighted by Gasteiger charge is 2.22. The Morgan fingerprint density at radius 1 is 1.21 bits per heavy atom. The van der Waals surface area contributed by atoms with Crippen LogP contribution in [0.3, 0.4) is 0 Å². The smallest absolute Gasteiger partial charge is 0.365 e. The van der Waals surface area contributed by atoms with Gasteiger partial charge in [-0.2, -0.15) is 10.1 Å². The molecule has 0 saturated heterocycles. The molecule has 0 bridgehead atoms. The van der Waals surface area contributed by atoms with Crippen LogP contribution in [-0.2, 0) is 4.79 Å². The second kappa shape index (κ2) is 8.47. The molecule has 0 radical (unpaired) electrons. The predicted octanol–water partition coefficient (Wildman–Crippen LogP) is 3.21. The summed E-state index contributed by atoms with van der Waals surface area (Å²) in [5.74, 6) is 0.292. The quantitative estimate of drug-likeness (QED) is 0.712. The van der Waals surface area contributed by atoms with Crippen LogP contribution in [0.2, 0.25) is 0 Å². The number of benzene rings is 2. The fourth-order valence-corrected chi connectivity index (χ4v) is 2.82. The van der Waals surface area contributed by atoms with E-state index in [1.165, 1.54) is 6.20 Å². The summed E-state index contributed by atoms with van der Waals surface area (Å²) in [5, 5.41) is 7.00. The molecule has 144 valence electrons. The van der Waals surface area contributed by atoms with E-state index in [9.17, 15) is 9.59 Å². The number of ether oxygens (including phenoxy) is 1. The van der Waals surface area contributed by atoms with E-state index < -0.39 is 11.7 Å². The summed E-state index contributed by atoms with van der Waals surface area (Å²) in [7, 11) is 1.56. The average Bonchev–Trinajstić information content (AvgIpc) is 2.70. The zero-order chi connectivity index (χ0) is 20.1. The Bertz CT molecular complexity index is 1030. The van der Waals surface area contributed by atoms with Gasteiger partial charge in [0.15, 0.2) is 0 Å². The maximum Gasteiger partial charge on any atom is 0.365 e. The van der Waals surface area contributed by atoms with Crippen LogP contribution in [0.15, 0.2) is 59.5 Å². The van der Waals surface area contributed by atoms with E-state index in [0.717, 1.165) is 15.8 Å². The Morgan fingerprint density at radius 3 is 2.61 bits per heavy atom. The summed E-state index contributed by atoms with van der Waals surface area (Å²) >= 11 is 0. The molecule has 1 heterocycles. The number of amides is 1. The Balaban J connectivity index is 1.84. The molecule has 2 aromatic carbocycles. The first-order chi connectivity index (χ1) is 13.5. The maximum absolute atomic E-state index is 12.7. The Labute approximate surface area is 163 Å². The van der Waals surface area contributed by atoms with E-state index in [-0.39, 0.29) is 5.91 Å². The van der Waals surface area contributed by atoms with Crippen molar-refractivity contribution in [3.63, 3.8) is 0 Å². The number of carbonyl (C=O) groups is 1. The van der Waals surface area contributed by atoms with Crippen molar-refractivity contribution < 1.29 is 9.53 Å². The van der Waals surface area contributed by atoms with Gasteiger partial charge >= 0.3 is 5.69 Å². The van der Waals surface area contributed by atoms with Gasteiger partial charge in [0.2, 0.25) is 5.91 Å². The second-order valence-corrected chi connectivity index (χ2v) is 6.38. The molecule has 1 atom stereocenters.